The molecule has 76 valence electrons. The lowest BCUT2D eigenvalue weighted by molar-refractivity contribution is 1.17. The van der Waals surface area contributed by atoms with Crippen LogP contribution in [0.5, 0.6) is 0 Å². The minimum Gasteiger partial charge on any atom is -0.383 e. The van der Waals surface area contributed by atoms with Crippen LogP contribution in [0.25, 0.3) is 11.4 Å². The number of hydrogen-bond donors (Lipinski definition) is 1. The van der Waals surface area contributed by atoms with Crippen LogP contribution >= 0.6 is 15.9 Å². The summed E-state index contributed by atoms with van der Waals surface area (Å²) >= 11 is 3.27. The molecule has 0 amide bonds. The molecule has 0 fully saturated rings. The third kappa shape index (κ3) is 2.15. The van der Waals surface area contributed by atoms with Gasteiger partial charge in [-0.3, -0.25) is 0 Å². The largest absolute Gasteiger partial charge is 0.383 e. The molecule has 15 heavy (non-hydrogen) atoms. The van der Waals surface area contributed by atoms with E-state index in [1.165, 1.54) is 5.56 Å². The number of anilines is 1. The predicted molar refractivity (Wildman–Crippen MR) is 64.3 cm³/mol. The van der Waals surface area contributed by atoms with E-state index in [1.54, 1.807) is 6.20 Å². The van der Waals surface area contributed by atoms with E-state index in [1.807, 2.05) is 31.2 Å². The van der Waals surface area contributed by atoms with Crippen molar-refractivity contribution in [1.29, 1.82) is 0 Å². The van der Waals surface area contributed by atoms with E-state index in [0.717, 1.165) is 10.0 Å². The van der Waals surface area contributed by atoms with Crippen LogP contribution in [0.2, 0.25) is 0 Å². The normalized spacial score (nSPS) is 10.3. The molecule has 0 bridgehead atoms. The van der Waals surface area contributed by atoms with Crippen LogP contribution in [0.3, 0.4) is 0 Å². The van der Waals surface area contributed by atoms with Crippen LogP contribution in [0, 0.1) is 6.92 Å². The molecule has 0 atom stereocenters. The van der Waals surface area contributed by atoms with Gasteiger partial charge in [0.1, 0.15) is 5.82 Å². The second-order valence-electron chi connectivity index (χ2n) is 3.30. The highest BCUT2D eigenvalue weighted by Crippen LogP contribution is 2.21. The maximum absolute atomic E-state index is 5.70. The third-order valence-corrected chi connectivity index (χ3v) is 2.66. The van der Waals surface area contributed by atoms with E-state index >= 15 is 0 Å². The fourth-order valence-corrected chi connectivity index (χ4v) is 1.49. The molecule has 2 aromatic rings. The highest BCUT2D eigenvalue weighted by Gasteiger charge is 2.03. The number of aromatic nitrogens is 2. The fourth-order valence-electron chi connectivity index (χ4n) is 1.30. The Morgan fingerprint density at radius 3 is 2.80 bits per heavy atom. The summed E-state index contributed by atoms with van der Waals surface area (Å²) in [6.07, 6.45) is 1.67. The number of halogens is 1. The molecule has 1 aromatic carbocycles. The van der Waals surface area contributed by atoms with E-state index in [2.05, 4.69) is 25.9 Å². The van der Waals surface area contributed by atoms with E-state index in [4.69, 9.17) is 5.73 Å². The van der Waals surface area contributed by atoms with Crippen molar-refractivity contribution in [2.24, 2.45) is 0 Å². The SMILES string of the molecule is Cc1cccc(-c2ncc(Br)c(N)n2)c1. The minimum atomic E-state index is 0.460. The summed E-state index contributed by atoms with van der Waals surface area (Å²) in [4.78, 5) is 8.42. The van der Waals surface area contributed by atoms with Crippen molar-refractivity contribution in [2.45, 2.75) is 6.92 Å². The molecule has 0 saturated heterocycles. The Morgan fingerprint density at radius 1 is 1.33 bits per heavy atom. The smallest absolute Gasteiger partial charge is 0.161 e. The summed E-state index contributed by atoms with van der Waals surface area (Å²) < 4.78 is 0.721. The number of nitrogen functional groups attached to an aromatic ring is 1. The Balaban J connectivity index is 2.50. The molecule has 0 saturated carbocycles. The summed E-state index contributed by atoms with van der Waals surface area (Å²) in [5.74, 6) is 1.11. The average molecular weight is 264 g/mol. The molecule has 2 N–H and O–H groups in total. The van der Waals surface area contributed by atoms with Crippen molar-refractivity contribution in [3.05, 3.63) is 40.5 Å². The second kappa shape index (κ2) is 3.98. The first-order chi connectivity index (χ1) is 7.16. The lowest BCUT2D eigenvalue weighted by Gasteiger charge is -2.03. The van der Waals surface area contributed by atoms with Crippen molar-refractivity contribution in [3.8, 4) is 11.4 Å². The van der Waals surface area contributed by atoms with Crippen molar-refractivity contribution in [1.82, 2.24) is 9.97 Å². The molecule has 0 aliphatic rings. The van der Waals surface area contributed by atoms with Gasteiger partial charge in [-0.25, -0.2) is 9.97 Å². The number of aryl methyl sites for hydroxylation is 1. The van der Waals surface area contributed by atoms with Crippen molar-refractivity contribution in [2.75, 3.05) is 5.73 Å². The quantitative estimate of drug-likeness (QED) is 0.861. The zero-order valence-electron chi connectivity index (χ0n) is 8.24. The lowest BCUT2D eigenvalue weighted by atomic mass is 10.1. The zero-order chi connectivity index (χ0) is 10.8. The summed E-state index contributed by atoms with van der Waals surface area (Å²) in [5, 5.41) is 0. The topological polar surface area (TPSA) is 51.8 Å². The van der Waals surface area contributed by atoms with E-state index in [-0.39, 0.29) is 0 Å². The van der Waals surface area contributed by atoms with Gasteiger partial charge in [0.2, 0.25) is 0 Å². The van der Waals surface area contributed by atoms with Crippen LogP contribution in [0.1, 0.15) is 5.56 Å². The van der Waals surface area contributed by atoms with Crippen molar-refractivity contribution in [3.63, 3.8) is 0 Å². The molecule has 0 radical (unpaired) electrons. The number of benzene rings is 1. The van der Waals surface area contributed by atoms with Crippen LogP contribution in [-0.2, 0) is 0 Å². The van der Waals surface area contributed by atoms with Gasteiger partial charge in [-0.15, -0.1) is 0 Å². The number of nitrogens with zero attached hydrogens (tertiary/aromatic N) is 2. The Bertz CT molecular complexity index is 497. The Morgan fingerprint density at radius 2 is 2.13 bits per heavy atom. The Kier molecular flexibility index (Phi) is 2.68. The average Bonchev–Trinajstić information content (AvgIpc) is 2.22. The number of rotatable bonds is 1. The van der Waals surface area contributed by atoms with Gasteiger partial charge in [0, 0.05) is 11.8 Å². The maximum Gasteiger partial charge on any atom is 0.161 e. The van der Waals surface area contributed by atoms with Gasteiger partial charge in [0.05, 0.1) is 4.47 Å². The molecule has 0 aliphatic carbocycles. The van der Waals surface area contributed by atoms with Crippen LogP contribution in [0.4, 0.5) is 5.82 Å². The van der Waals surface area contributed by atoms with Gasteiger partial charge in [-0.2, -0.15) is 0 Å². The summed E-state index contributed by atoms with van der Waals surface area (Å²) in [6.45, 7) is 2.03. The Hall–Kier alpha value is -1.42. The number of nitrogens with two attached hydrogens (primary N) is 1. The predicted octanol–water partition coefficient (Wildman–Crippen LogP) is 2.80. The van der Waals surface area contributed by atoms with Gasteiger partial charge >= 0.3 is 0 Å². The fraction of sp³-hybridized carbons (Fsp3) is 0.0909. The van der Waals surface area contributed by atoms with Crippen LogP contribution < -0.4 is 5.73 Å². The van der Waals surface area contributed by atoms with Gasteiger partial charge in [-0.05, 0) is 28.9 Å². The van der Waals surface area contributed by atoms with Crippen molar-refractivity contribution >= 4 is 21.7 Å². The molecular weight excluding hydrogens is 254 g/mol. The van der Waals surface area contributed by atoms with Crippen LogP contribution in [0.15, 0.2) is 34.9 Å². The molecule has 4 heteroatoms. The first kappa shape index (κ1) is 10.1. The van der Waals surface area contributed by atoms with Gasteiger partial charge in [0.15, 0.2) is 5.82 Å². The molecule has 0 unspecified atom stereocenters. The Labute approximate surface area is 96.5 Å². The molecule has 0 aliphatic heterocycles. The molecule has 1 heterocycles. The summed E-state index contributed by atoms with van der Waals surface area (Å²) in [6, 6.07) is 8.01. The van der Waals surface area contributed by atoms with Gasteiger partial charge in [0.25, 0.3) is 0 Å². The highest BCUT2D eigenvalue weighted by molar-refractivity contribution is 9.10. The standard InChI is InChI=1S/C11H10BrN3/c1-7-3-2-4-8(5-7)11-14-6-9(12)10(13)15-11/h2-6H,1H3,(H2,13,14,15). The molecule has 0 spiro atoms. The van der Waals surface area contributed by atoms with Crippen LogP contribution in [-0.4, -0.2) is 9.97 Å². The number of hydrogen-bond acceptors (Lipinski definition) is 3. The summed E-state index contributed by atoms with van der Waals surface area (Å²) in [7, 11) is 0. The first-order valence-corrected chi connectivity index (χ1v) is 5.31. The summed E-state index contributed by atoms with van der Waals surface area (Å²) in [5.41, 5.74) is 7.86. The zero-order valence-corrected chi connectivity index (χ0v) is 9.82. The molecule has 3 nitrogen and oxygen atoms in total. The van der Waals surface area contributed by atoms with Gasteiger partial charge in [-0.1, -0.05) is 23.8 Å². The molecule has 1 aromatic heterocycles. The maximum atomic E-state index is 5.70. The van der Waals surface area contributed by atoms with Gasteiger partial charge < -0.3 is 5.73 Å². The minimum absolute atomic E-state index is 0.460. The third-order valence-electron chi connectivity index (χ3n) is 2.05. The molecular formula is C11H10BrN3. The monoisotopic (exact) mass is 263 g/mol. The molecule has 2 rings (SSSR count). The van der Waals surface area contributed by atoms with E-state index in [0.29, 0.717) is 11.6 Å². The van der Waals surface area contributed by atoms with Crippen molar-refractivity contribution < 1.29 is 0 Å². The van der Waals surface area contributed by atoms with E-state index in [9.17, 15) is 0 Å². The second-order valence-corrected chi connectivity index (χ2v) is 4.15. The lowest BCUT2D eigenvalue weighted by Crippen LogP contribution is -1.96. The highest BCUT2D eigenvalue weighted by atomic mass is 79.9. The van der Waals surface area contributed by atoms with E-state index < -0.39 is 0 Å². The first-order valence-electron chi connectivity index (χ1n) is 4.52.